The fourth-order valence-electron chi connectivity index (χ4n) is 5.13. The van der Waals surface area contributed by atoms with E-state index in [9.17, 15) is 9.59 Å². The molecule has 1 N–H and O–H groups in total. The molecule has 3 aromatic rings. The van der Waals surface area contributed by atoms with Gasteiger partial charge in [0.1, 0.15) is 5.75 Å². The van der Waals surface area contributed by atoms with E-state index in [2.05, 4.69) is 55.5 Å². The number of nitrogens with zero attached hydrogens (tertiary/aromatic N) is 2. The lowest BCUT2D eigenvalue weighted by molar-refractivity contribution is -0.119. The summed E-state index contributed by atoms with van der Waals surface area (Å²) in [7, 11) is 4.16. The van der Waals surface area contributed by atoms with Crippen LogP contribution in [-0.2, 0) is 24.2 Å². The van der Waals surface area contributed by atoms with E-state index in [1.807, 2.05) is 42.2 Å². The molecule has 0 unspecified atom stereocenters. The van der Waals surface area contributed by atoms with E-state index < -0.39 is 0 Å². The van der Waals surface area contributed by atoms with Crippen molar-refractivity contribution in [2.75, 3.05) is 38.7 Å². The molecule has 0 atom stereocenters. The van der Waals surface area contributed by atoms with Gasteiger partial charge in [-0.15, -0.1) is 0 Å². The van der Waals surface area contributed by atoms with Gasteiger partial charge in [-0.05, 0) is 111 Å². The molecule has 6 heteroatoms. The molecule has 3 aromatic carbocycles. The Balaban J connectivity index is 1.66. The second-order valence-electron chi connectivity index (χ2n) is 10.2. The van der Waals surface area contributed by atoms with Gasteiger partial charge in [0.2, 0.25) is 5.91 Å². The van der Waals surface area contributed by atoms with Crippen LogP contribution in [0.4, 0.5) is 5.69 Å². The maximum atomic E-state index is 13.8. The molecular formula is C32H39N3O3. The third-order valence-electron chi connectivity index (χ3n) is 7.07. The van der Waals surface area contributed by atoms with E-state index in [1.54, 1.807) is 0 Å². The molecule has 0 spiro atoms. The van der Waals surface area contributed by atoms with Crippen molar-refractivity contribution in [2.45, 2.75) is 46.6 Å². The zero-order valence-corrected chi connectivity index (χ0v) is 23.3. The highest BCUT2D eigenvalue weighted by atomic mass is 16.5. The Morgan fingerprint density at radius 2 is 1.82 bits per heavy atom. The predicted octanol–water partition coefficient (Wildman–Crippen LogP) is 5.39. The summed E-state index contributed by atoms with van der Waals surface area (Å²) >= 11 is 0. The number of carbonyl (C=O) groups excluding carboxylic acids is 2. The molecule has 1 heterocycles. The zero-order chi connectivity index (χ0) is 27.2. The number of ether oxygens (including phenoxy) is 1. The predicted molar refractivity (Wildman–Crippen MR) is 154 cm³/mol. The first-order chi connectivity index (χ1) is 18.3. The summed E-state index contributed by atoms with van der Waals surface area (Å²) in [6.07, 6.45) is 2.72. The number of carbonyl (C=O) groups is 2. The Morgan fingerprint density at radius 1 is 1.03 bits per heavy atom. The Morgan fingerprint density at radius 3 is 2.53 bits per heavy atom. The van der Waals surface area contributed by atoms with Crippen LogP contribution < -0.4 is 15.0 Å². The van der Waals surface area contributed by atoms with Crippen molar-refractivity contribution in [3.8, 4) is 16.9 Å². The van der Waals surface area contributed by atoms with Crippen molar-refractivity contribution in [1.29, 1.82) is 0 Å². The second-order valence-corrected chi connectivity index (χ2v) is 10.2. The van der Waals surface area contributed by atoms with Crippen LogP contribution in [0.1, 0.15) is 52.9 Å². The molecule has 0 saturated heterocycles. The summed E-state index contributed by atoms with van der Waals surface area (Å²) in [6.45, 7) is 8.21. The first-order valence-corrected chi connectivity index (χ1v) is 13.5. The number of rotatable bonds is 10. The number of hydrogen-bond acceptors (Lipinski definition) is 4. The first kappa shape index (κ1) is 27.4. The molecule has 0 saturated carbocycles. The Kier molecular flexibility index (Phi) is 8.85. The van der Waals surface area contributed by atoms with Crippen LogP contribution in [0.5, 0.6) is 5.75 Å². The van der Waals surface area contributed by atoms with Gasteiger partial charge in [-0.3, -0.25) is 9.59 Å². The number of fused-ring (bicyclic) bond motifs is 1. The number of aryl methyl sites for hydroxylation is 2. The second kappa shape index (κ2) is 12.3. The van der Waals surface area contributed by atoms with Crippen LogP contribution in [-0.4, -0.2) is 50.5 Å². The molecule has 1 aliphatic heterocycles. The highest BCUT2D eigenvalue weighted by Crippen LogP contribution is 2.36. The smallest absolute Gasteiger partial charge is 0.258 e. The third kappa shape index (κ3) is 6.25. The van der Waals surface area contributed by atoms with Gasteiger partial charge in [0.25, 0.3) is 5.91 Å². The van der Waals surface area contributed by atoms with Crippen LogP contribution >= 0.6 is 0 Å². The molecule has 0 radical (unpaired) electrons. The van der Waals surface area contributed by atoms with Gasteiger partial charge in [-0.2, -0.15) is 0 Å². The molecule has 2 amide bonds. The lowest BCUT2D eigenvalue weighted by atomic mass is 9.94. The topological polar surface area (TPSA) is 61.9 Å². The highest BCUT2D eigenvalue weighted by molar-refractivity contribution is 6.08. The minimum Gasteiger partial charge on any atom is -0.494 e. The maximum absolute atomic E-state index is 13.8. The summed E-state index contributed by atoms with van der Waals surface area (Å²) in [5.74, 6) is 0.810. The molecule has 0 bridgehead atoms. The molecule has 4 rings (SSSR count). The van der Waals surface area contributed by atoms with Crippen molar-refractivity contribution in [3.05, 3.63) is 82.4 Å². The molecule has 6 nitrogen and oxygen atoms in total. The zero-order valence-electron chi connectivity index (χ0n) is 23.3. The fraction of sp³-hybridized carbons (Fsp3) is 0.375. The Hall–Kier alpha value is -3.64. The minimum absolute atomic E-state index is 0.0208. The standard InChI is InChI=1S/C32H39N3O3/c1-6-38-31-20-24-15-17-35(30(24)19-25(31)11-9-16-34(4)5)32(37)26-13-14-29(27(18-26)21-33-23(3)36)28-12-8-7-10-22(28)2/h7-8,10,12-14,18-20H,6,9,11,15-17,21H2,1-5H3,(H,33,36). The van der Waals surface area contributed by atoms with E-state index in [-0.39, 0.29) is 11.8 Å². The lowest BCUT2D eigenvalue weighted by Crippen LogP contribution is -2.29. The first-order valence-electron chi connectivity index (χ1n) is 13.5. The average Bonchev–Trinajstić information content (AvgIpc) is 3.30. The normalized spacial score (nSPS) is 12.5. The van der Waals surface area contributed by atoms with Gasteiger partial charge in [-0.1, -0.05) is 30.3 Å². The molecular weight excluding hydrogens is 474 g/mol. The number of anilines is 1. The van der Waals surface area contributed by atoms with E-state index >= 15 is 0 Å². The minimum atomic E-state index is -0.0992. The van der Waals surface area contributed by atoms with Gasteiger partial charge >= 0.3 is 0 Å². The van der Waals surface area contributed by atoms with Gasteiger partial charge in [-0.25, -0.2) is 0 Å². The fourth-order valence-corrected chi connectivity index (χ4v) is 5.13. The lowest BCUT2D eigenvalue weighted by Gasteiger charge is -2.21. The van der Waals surface area contributed by atoms with E-state index in [0.717, 1.165) is 70.6 Å². The summed E-state index contributed by atoms with van der Waals surface area (Å²) < 4.78 is 5.98. The van der Waals surface area contributed by atoms with Crippen molar-refractivity contribution >= 4 is 17.5 Å². The Bertz CT molecular complexity index is 1320. The summed E-state index contributed by atoms with van der Waals surface area (Å²) in [5.41, 5.74) is 8.10. The highest BCUT2D eigenvalue weighted by Gasteiger charge is 2.28. The SMILES string of the molecule is CCOc1cc2c(cc1CCCN(C)C)N(C(=O)c1ccc(-c3ccccc3C)c(CNC(C)=O)c1)CC2. The van der Waals surface area contributed by atoms with Crippen LogP contribution in [0, 0.1) is 6.92 Å². The van der Waals surface area contributed by atoms with Gasteiger partial charge in [0, 0.05) is 31.3 Å². The van der Waals surface area contributed by atoms with Crippen molar-refractivity contribution in [3.63, 3.8) is 0 Å². The Labute approximate surface area is 226 Å². The largest absolute Gasteiger partial charge is 0.494 e. The van der Waals surface area contributed by atoms with E-state index in [1.165, 1.54) is 6.92 Å². The molecule has 0 fully saturated rings. The number of hydrogen-bond donors (Lipinski definition) is 1. The third-order valence-corrected chi connectivity index (χ3v) is 7.07. The molecule has 200 valence electrons. The van der Waals surface area contributed by atoms with Gasteiger partial charge < -0.3 is 19.9 Å². The van der Waals surface area contributed by atoms with E-state index in [0.29, 0.717) is 25.3 Å². The maximum Gasteiger partial charge on any atom is 0.258 e. The monoisotopic (exact) mass is 513 g/mol. The number of amides is 2. The van der Waals surface area contributed by atoms with Crippen LogP contribution in [0.3, 0.4) is 0 Å². The van der Waals surface area contributed by atoms with Crippen LogP contribution in [0.15, 0.2) is 54.6 Å². The number of nitrogens with one attached hydrogen (secondary N) is 1. The van der Waals surface area contributed by atoms with Crippen LogP contribution in [0.25, 0.3) is 11.1 Å². The number of benzene rings is 3. The van der Waals surface area contributed by atoms with Gasteiger partial charge in [0.15, 0.2) is 0 Å². The molecule has 38 heavy (non-hydrogen) atoms. The van der Waals surface area contributed by atoms with Gasteiger partial charge in [0.05, 0.1) is 6.61 Å². The van der Waals surface area contributed by atoms with E-state index in [4.69, 9.17) is 4.74 Å². The molecule has 0 aromatic heterocycles. The molecule has 1 aliphatic rings. The summed E-state index contributed by atoms with van der Waals surface area (Å²) in [4.78, 5) is 29.6. The van der Waals surface area contributed by atoms with Crippen molar-refractivity contribution < 1.29 is 14.3 Å². The van der Waals surface area contributed by atoms with Crippen molar-refractivity contribution in [1.82, 2.24) is 10.2 Å². The quantitative estimate of drug-likeness (QED) is 0.395. The summed E-state index contributed by atoms with van der Waals surface area (Å²) in [5, 5.41) is 2.91. The van der Waals surface area contributed by atoms with Crippen molar-refractivity contribution in [2.24, 2.45) is 0 Å². The molecule has 0 aliphatic carbocycles. The summed E-state index contributed by atoms with van der Waals surface area (Å²) in [6, 6.07) is 18.3. The average molecular weight is 514 g/mol. The van der Waals surface area contributed by atoms with Crippen LogP contribution in [0.2, 0.25) is 0 Å².